The summed E-state index contributed by atoms with van der Waals surface area (Å²) in [5, 5.41) is 8.51. The minimum absolute atomic E-state index is 0.329. The third-order valence-electron chi connectivity index (χ3n) is 3.30. The molecule has 0 rings (SSSR count). The first-order valence-electron chi connectivity index (χ1n) is 8.29. The van der Waals surface area contributed by atoms with Crippen LogP contribution in [0.25, 0.3) is 0 Å². The zero-order valence-electron chi connectivity index (χ0n) is 13.2. The lowest BCUT2D eigenvalue weighted by Gasteiger charge is -1.99. The molecule has 0 amide bonds. The molecule has 0 radical (unpaired) electrons. The lowest BCUT2D eigenvalue weighted by molar-refractivity contribution is -0.137. The number of carboxylic acids is 1. The normalized spacial score (nSPS) is 11.7. The van der Waals surface area contributed by atoms with Gasteiger partial charge in [-0.3, -0.25) is 4.79 Å². The maximum atomic E-state index is 10.3. The number of carbonyl (C=O) groups is 1. The first-order chi connectivity index (χ1) is 9.77. The van der Waals surface area contributed by atoms with E-state index in [0.717, 1.165) is 19.3 Å². The predicted octanol–water partition coefficient (Wildman–Crippen LogP) is 5.88. The maximum Gasteiger partial charge on any atom is 0.303 e. The highest BCUT2D eigenvalue weighted by molar-refractivity contribution is 5.66. The Kier molecular flexibility index (Phi) is 15.2. The summed E-state index contributed by atoms with van der Waals surface area (Å²) in [6.07, 6.45) is 22.3. The third kappa shape index (κ3) is 16.9. The van der Waals surface area contributed by atoms with Crippen molar-refractivity contribution in [3.63, 3.8) is 0 Å². The van der Waals surface area contributed by atoms with Crippen LogP contribution in [0.4, 0.5) is 0 Å². The Morgan fingerprint density at radius 3 is 1.85 bits per heavy atom. The van der Waals surface area contributed by atoms with E-state index < -0.39 is 5.97 Å². The van der Waals surface area contributed by atoms with E-state index in [0.29, 0.717) is 6.42 Å². The molecule has 116 valence electrons. The summed E-state index contributed by atoms with van der Waals surface area (Å²) in [6, 6.07) is 0. The van der Waals surface area contributed by atoms with E-state index in [4.69, 9.17) is 5.11 Å². The van der Waals surface area contributed by atoms with E-state index in [1.54, 1.807) is 0 Å². The number of unbranched alkanes of at least 4 members (excludes halogenated alkanes) is 8. The quantitative estimate of drug-likeness (QED) is 0.318. The van der Waals surface area contributed by atoms with Crippen molar-refractivity contribution in [3.8, 4) is 0 Å². The SMILES string of the molecule is CCC/C=C/CC/C=C/CCCCCCCCC(=O)O. The van der Waals surface area contributed by atoms with Crippen LogP contribution in [0.15, 0.2) is 24.3 Å². The second-order valence-corrected chi connectivity index (χ2v) is 5.36. The van der Waals surface area contributed by atoms with Gasteiger partial charge in [0.15, 0.2) is 0 Å². The van der Waals surface area contributed by atoms with Crippen LogP contribution in [-0.2, 0) is 4.79 Å². The lowest BCUT2D eigenvalue weighted by Crippen LogP contribution is -1.93. The van der Waals surface area contributed by atoms with Crippen LogP contribution < -0.4 is 0 Å². The van der Waals surface area contributed by atoms with Crippen LogP contribution >= 0.6 is 0 Å². The van der Waals surface area contributed by atoms with E-state index >= 15 is 0 Å². The Balaban J connectivity index is 3.13. The van der Waals surface area contributed by atoms with Gasteiger partial charge in [0, 0.05) is 6.42 Å². The van der Waals surface area contributed by atoms with E-state index in [1.807, 2.05) is 0 Å². The molecule has 0 aliphatic heterocycles. The second kappa shape index (κ2) is 16.0. The van der Waals surface area contributed by atoms with Crippen molar-refractivity contribution >= 4 is 5.97 Å². The fraction of sp³-hybridized carbons (Fsp3) is 0.722. The minimum atomic E-state index is -0.667. The summed E-state index contributed by atoms with van der Waals surface area (Å²) in [5.74, 6) is -0.667. The number of hydrogen-bond donors (Lipinski definition) is 1. The van der Waals surface area contributed by atoms with Gasteiger partial charge in [-0.2, -0.15) is 0 Å². The second-order valence-electron chi connectivity index (χ2n) is 5.36. The number of carboxylic acid groups (broad SMARTS) is 1. The van der Waals surface area contributed by atoms with E-state index in [2.05, 4.69) is 31.2 Å². The fourth-order valence-corrected chi connectivity index (χ4v) is 2.08. The highest BCUT2D eigenvalue weighted by Gasteiger charge is 1.96. The molecule has 0 unspecified atom stereocenters. The molecule has 0 fully saturated rings. The molecular formula is C18H32O2. The Morgan fingerprint density at radius 1 is 0.750 bits per heavy atom. The molecule has 1 N–H and O–H groups in total. The highest BCUT2D eigenvalue weighted by atomic mass is 16.4. The number of hydrogen-bond acceptors (Lipinski definition) is 1. The Hall–Kier alpha value is -1.05. The predicted molar refractivity (Wildman–Crippen MR) is 87.0 cm³/mol. The van der Waals surface area contributed by atoms with E-state index in [1.165, 1.54) is 51.4 Å². The molecule has 0 atom stereocenters. The first-order valence-corrected chi connectivity index (χ1v) is 8.29. The molecule has 0 heterocycles. The fourth-order valence-electron chi connectivity index (χ4n) is 2.08. The van der Waals surface area contributed by atoms with E-state index in [-0.39, 0.29) is 0 Å². The Bertz CT molecular complexity index is 267. The van der Waals surface area contributed by atoms with Gasteiger partial charge < -0.3 is 5.11 Å². The topological polar surface area (TPSA) is 37.3 Å². The van der Waals surface area contributed by atoms with Crippen molar-refractivity contribution in [1.29, 1.82) is 0 Å². The van der Waals surface area contributed by atoms with Crippen LogP contribution in [0.3, 0.4) is 0 Å². The molecule has 0 aliphatic carbocycles. The third-order valence-corrected chi connectivity index (χ3v) is 3.30. The van der Waals surface area contributed by atoms with Crippen molar-refractivity contribution in [1.82, 2.24) is 0 Å². The molecule has 2 heteroatoms. The zero-order valence-corrected chi connectivity index (χ0v) is 13.2. The maximum absolute atomic E-state index is 10.3. The molecule has 20 heavy (non-hydrogen) atoms. The van der Waals surface area contributed by atoms with Crippen molar-refractivity contribution in [2.45, 2.75) is 84.0 Å². The van der Waals surface area contributed by atoms with Gasteiger partial charge in [-0.25, -0.2) is 0 Å². The molecule has 0 aliphatic rings. The lowest BCUT2D eigenvalue weighted by atomic mass is 10.1. The van der Waals surface area contributed by atoms with Crippen LogP contribution in [0.1, 0.15) is 84.0 Å². The van der Waals surface area contributed by atoms with Crippen molar-refractivity contribution < 1.29 is 9.90 Å². The summed E-state index contributed by atoms with van der Waals surface area (Å²) in [5.41, 5.74) is 0. The summed E-state index contributed by atoms with van der Waals surface area (Å²) >= 11 is 0. The van der Waals surface area contributed by atoms with Crippen molar-refractivity contribution in [2.24, 2.45) is 0 Å². The zero-order chi connectivity index (χ0) is 14.9. The molecule has 0 aromatic heterocycles. The van der Waals surface area contributed by atoms with Gasteiger partial charge in [-0.05, 0) is 38.5 Å². The molecule has 0 saturated heterocycles. The van der Waals surface area contributed by atoms with E-state index in [9.17, 15) is 4.79 Å². The molecule has 0 saturated carbocycles. The molecule has 0 bridgehead atoms. The van der Waals surface area contributed by atoms with Crippen LogP contribution in [0.5, 0.6) is 0 Å². The number of allylic oxidation sites excluding steroid dienone is 4. The molecular weight excluding hydrogens is 248 g/mol. The van der Waals surface area contributed by atoms with Gasteiger partial charge in [-0.1, -0.05) is 63.3 Å². The molecule has 0 spiro atoms. The average molecular weight is 280 g/mol. The highest BCUT2D eigenvalue weighted by Crippen LogP contribution is 2.09. The first kappa shape index (κ1) is 18.9. The standard InChI is InChI=1S/C18H32O2/c1-2-3-4-5-6-7-8-9-10-11-12-13-14-15-16-17-18(19)20/h4-5,8-9H,2-3,6-7,10-17H2,1H3,(H,19,20)/b5-4+,9-8+. The van der Waals surface area contributed by atoms with Crippen molar-refractivity contribution in [2.75, 3.05) is 0 Å². The largest absolute Gasteiger partial charge is 0.481 e. The number of aliphatic carboxylic acids is 1. The van der Waals surface area contributed by atoms with Gasteiger partial charge in [-0.15, -0.1) is 0 Å². The van der Waals surface area contributed by atoms with Gasteiger partial charge in [0.05, 0.1) is 0 Å². The van der Waals surface area contributed by atoms with Crippen LogP contribution in [0.2, 0.25) is 0 Å². The minimum Gasteiger partial charge on any atom is -0.481 e. The van der Waals surface area contributed by atoms with Gasteiger partial charge in [0.25, 0.3) is 0 Å². The van der Waals surface area contributed by atoms with Gasteiger partial charge >= 0.3 is 5.97 Å². The Labute approximate surface area is 125 Å². The molecule has 2 nitrogen and oxygen atoms in total. The summed E-state index contributed by atoms with van der Waals surface area (Å²) in [7, 11) is 0. The average Bonchev–Trinajstić information content (AvgIpc) is 2.43. The van der Waals surface area contributed by atoms with Gasteiger partial charge in [0.1, 0.15) is 0 Å². The summed E-state index contributed by atoms with van der Waals surface area (Å²) in [4.78, 5) is 10.3. The molecule has 0 aromatic carbocycles. The van der Waals surface area contributed by atoms with Gasteiger partial charge in [0.2, 0.25) is 0 Å². The summed E-state index contributed by atoms with van der Waals surface area (Å²) < 4.78 is 0. The number of rotatable bonds is 14. The smallest absolute Gasteiger partial charge is 0.303 e. The Morgan fingerprint density at radius 2 is 1.25 bits per heavy atom. The molecule has 0 aromatic rings. The van der Waals surface area contributed by atoms with Crippen LogP contribution in [-0.4, -0.2) is 11.1 Å². The van der Waals surface area contributed by atoms with Crippen molar-refractivity contribution in [3.05, 3.63) is 24.3 Å². The van der Waals surface area contributed by atoms with Crippen LogP contribution in [0, 0.1) is 0 Å². The summed E-state index contributed by atoms with van der Waals surface area (Å²) in [6.45, 7) is 2.20. The monoisotopic (exact) mass is 280 g/mol.